The lowest BCUT2D eigenvalue weighted by Crippen LogP contribution is -2.52. The lowest BCUT2D eigenvalue weighted by Gasteiger charge is -2.32. The van der Waals surface area contributed by atoms with Crippen LogP contribution in [0, 0.1) is 0 Å². The van der Waals surface area contributed by atoms with Crippen molar-refractivity contribution in [3.05, 3.63) is 77.3 Å². The number of sulfonamides is 1. The van der Waals surface area contributed by atoms with E-state index in [-0.39, 0.29) is 23.4 Å². The SMILES string of the molecule is CC(C(=O)NC1CCCCC1)N(Cc1ccccc1Cl)C(=O)CN(C)S(=O)(=O)c1ccc2ccccc2c1. The number of benzene rings is 3. The Bertz CT molecular complexity index is 1410. The molecule has 0 aliphatic heterocycles. The van der Waals surface area contributed by atoms with Crippen molar-refractivity contribution in [1.29, 1.82) is 0 Å². The number of hydrogen-bond acceptors (Lipinski definition) is 4. The standard InChI is InChI=1S/C29H34ClN3O4S/c1-21(29(35)31-25-13-4-3-5-14-25)33(19-24-12-8-9-15-27(24)30)28(34)20-32(2)38(36,37)26-17-16-22-10-6-7-11-23(22)18-26/h6-12,15-18,21,25H,3-5,13-14,19-20H2,1-2H3,(H,31,35). The summed E-state index contributed by atoms with van der Waals surface area (Å²) in [7, 11) is -2.57. The number of carbonyl (C=O) groups excluding carboxylic acids is 2. The van der Waals surface area contributed by atoms with Crippen LogP contribution in [0.5, 0.6) is 0 Å². The summed E-state index contributed by atoms with van der Waals surface area (Å²) < 4.78 is 27.8. The average molecular weight is 556 g/mol. The van der Waals surface area contributed by atoms with Gasteiger partial charge >= 0.3 is 0 Å². The molecule has 0 bridgehead atoms. The first kappa shape index (κ1) is 28.1. The molecule has 0 spiro atoms. The van der Waals surface area contributed by atoms with E-state index in [2.05, 4.69) is 5.32 Å². The predicted molar refractivity (Wildman–Crippen MR) is 150 cm³/mol. The average Bonchev–Trinajstić information content (AvgIpc) is 2.92. The van der Waals surface area contributed by atoms with Gasteiger partial charge in [0.1, 0.15) is 6.04 Å². The summed E-state index contributed by atoms with van der Waals surface area (Å²) in [5, 5.41) is 5.28. The fourth-order valence-electron chi connectivity index (χ4n) is 4.84. The van der Waals surface area contributed by atoms with E-state index in [1.54, 1.807) is 43.3 Å². The predicted octanol–water partition coefficient (Wildman–Crippen LogP) is 4.98. The summed E-state index contributed by atoms with van der Waals surface area (Å²) in [5.41, 5.74) is 0.680. The molecule has 1 aliphatic carbocycles. The van der Waals surface area contributed by atoms with Crippen LogP contribution in [-0.2, 0) is 26.2 Å². The number of nitrogens with zero attached hydrogens (tertiary/aromatic N) is 2. The number of rotatable bonds is 9. The van der Waals surface area contributed by atoms with Gasteiger partial charge in [-0.2, -0.15) is 4.31 Å². The Kier molecular flexibility index (Phi) is 9.07. The van der Waals surface area contributed by atoms with Crippen LogP contribution >= 0.6 is 11.6 Å². The summed E-state index contributed by atoms with van der Waals surface area (Å²) >= 11 is 6.37. The molecule has 1 aliphatic rings. The Morgan fingerprint density at radius 3 is 2.34 bits per heavy atom. The minimum Gasteiger partial charge on any atom is -0.352 e. The molecule has 0 heterocycles. The van der Waals surface area contributed by atoms with E-state index in [0.29, 0.717) is 10.6 Å². The molecule has 0 aromatic heterocycles. The van der Waals surface area contributed by atoms with Gasteiger partial charge in [-0.3, -0.25) is 9.59 Å². The highest BCUT2D eigenvalue weighted by molar-refractivity contribution is 7.89. The first-order chi connectivity index (χ1) is 18.2. The van der Waals surface area contributed by atoms with Gasteiger partial charge in [0.2, 0.25) is 21.8 Å². The summed E-state index contributed by atoms with van der Waals surface area (Å²) in [6, 6.07) is 18.8. The van der Waals surface area contributed by atoms with E-state index in [9.17, 15) is 18.0 Å². The number of carbonyl (C=O) groups is 2. The third-order valence-electron chi connectivity index (χ3n) is 7.20. The molecule has 2 amide bonds. The van der Waals surface area contributed by atoms with E-state index in [1.807, 2.05) is 30.3 Å². The highest BCUT2D eigenvalue weighted by Gasteiger charge is 2.31. The molecule has 38 heavy (non-hydrogen) atoms. The Hall–Kier alpha value is -2.94. The maximum Gasteiger partial charge on any atom is 0.243 e. The van der Waals surface area contributed by atoms with Crippen LogP contribution in [0.15, 0.2) is 71.6 Å². The fraction of sp³-hybridized carbons (Fsp3) is 0.379. The quantitative estimate of drug-likeness (QED) is 0.403. The van der Waals surface area contributed by atoms with Gasteiger partial charge in [0.05, 0.1) is 11.4 Å². The molecule has 9 heteroatoms. The Morgan fingerprint density at radius 2 is 1.63 bits per heavy atom. The van der Waals surface area contributed by atoms with Crippen molar-refractivity contribution in [3.8, 4) is 0 Å². The summed E-state index contributed by atoms with van der Waals surface area (Å²) in [5.74, 6) is -0.736. The number of nitrogens with one attached hydrogen (secondary N) is 1. The highest BCUT2D eigenvalue weighted by Crippen LogP contribution is 2.23. The molecule has 0 radical (unpaired) electrons. The summed E-state index contributed by atoms with van der Waals surface area (Å²) in [6.45, 7) is 1.34. The minimum absolute atomic E-state index is 0.0849. The lowest BCUT2D eigenvalue weighted by molar-refractivity contribution is -0.141. The van der Waals surface area contributed by atoms with Crippen molar-refractivity contribution in [2.24, 2.45) is 0 Å². The molecule has 0 saturated heterocycles. The second-order valence-corrected chi connectivity index (χ2v) is 12.4. The zero-order chi connectivity index (χ0) is 27.3. The smallest absolute Gasteiger partial charge is 0.243 e. The topological polar surface area (TPSA) is 86.8 Å². The largest absolute Gasteiger partial charge is 0.352 e. The Labute approximate surface area is 229 Å². The Morgan fingerprint density at radius 1 is 0.974 bits per heavy atom. The molecular weight excluding hydrogens is 522 g/mol. The second-order valence-electron chi connectivity index (χ2n) is 9.90. The lowest BCUT2D eigenvalue weighted by atomic mass is 9.95. The van der Waals surface area contributed by atoms with Crippen LogP contribution < -0.4 is 5.32 Å². The van der Waals surface area contributed by atoms with Crippen molar-refractivity contribution in [1.82, 2.24) is 14.5 Å². The molecule has 3 aromatic carbocycles. The molecule has 3 aromatic rings. The van der Waals surface area contributed by atoms with Crippen molar-refractivity contribution in [3.63, 3.8) is 0 Å². The number of fused-ring (bicyclic) bond motifs is 1. The highest BCUT2D eigenvalue weighted by atomic mass is 35.5. The second kappa shape index (κ2) is 12.3. The third kappa shape index (κ3) is 6.54. The van der Waals surface area contributed by atoms with E-state index in [1.165, 1.54) is 11.9 Å². The van der Waals surface area contributed by atoms with Gasteiger partial charge in [-0.05, 0) is 54.3 Å². The van der Waals surface area contributed by atoms with Gasteiger partial charge in [0, 0.05) is 24.7 Å². The monoisotopic (exact) mass is 555 g/mol. The van der Waals surface area contributed by atoms with E-state index >= 15 is 0 Å². The Balaban J connectivity index is 1.54. The maximum atomic E-state index is 13.6. The van der Waals surface area contributed by atoms with Crippen molar-refractivity contribution in [2.75, 3.05) is 13.6 Å². The molecule has 1 fully saturated rings. The molecule has 1 atom stereocenters. The molecule has 1 N–H and O–H groups in total. The van der Waals surface area contributed by atoms with Crippen LogP contribution in [0.25, 0.3) is 10.8 Å². The third-order valence-corrected chi connectivity index (χ3v) is 9.37. The van der Waals surface area contributed by atoms with Gasteiger partial charge in [0.25, 0.3) is 0 Å². The van der Waals surface area contributed by atoms with Crippen LogP contribution in [0.3, 0.4) is 0 Å². The zero-order valence-corrected chi connectivity index (χ0v) is 23.3. The number of hydrogen-bond donors (Lipinski definition) is 1. The van der Waals surface area contributed by atoms with E-state index < -0.39 is 28.5 Å². The van der Waals surface area contributed by atoms with Crippen LogP contribution in [-0.4, -0.2) is 55.1 Å². The zero-order valence-electron chi connectivity index (χ0n) is 21.8. The van der Waals surface area contributed by atoms with Crippen LogP contribution in [0.2, 0.25) is 5.02 Å². The molecule has 1 unspecified atom stereocenters. The first-order valence-electron chi connectivity index (χ1n) is 12.9. The van der Waals surface area contributed by atoms with Crippen molar-refractivity contribution >= 4 is 44.2 Å². The van der Waals surface area contributed by atoms with E-state index in [4.69, 9.17) is 11.6 Å². The van der Waals surface area contributed by atoms with Gasteiger partial charge in [-0.1, -0.05) is 79.4 Å². The number of likely N-dealkylation sites (N-methyl/N-ethyl adjacent to an activating group) is 1. The normalized spacial score (nSPS) is 15.4. The summed E-state index contributed by atoms with van der Waals surface area (Å²) in [6.07, 6.45) is 5.14. The van der Waals surface area contributed by atoms with Gasteiger partial charge in [-0.15, -0.1) is 0 Å². The van der Waals surface area contributed by atoms with Crippen LogP contribution in [0.4, 0.5) is 0 Å². The first-order valence-corrected chi connectivity index (χ1v) is 14.8. The van der Waals surface area contributed by atoms with Gasteiger partial charge in [0.15, 0.2) is 0 Å². The van der Waals surface area contributed by atoms with Crippen molar-refractivity contribution in [2.45, 2.75) is 62.6 Å². The maximum absolute atomic E-state index is 13.6. The van der Waals surface area contributed by atoms with Gasteiger partial charge < -0.3 is 10.2 Å². The molecule has 1 saturated carbocycles. The molecule has 7 nitrogen and oxygen atoms in total. The fourth-order valence-corrected chi connectivity index (χ4v) is 6.19. The number of amides is 2. The molecular formula is C29H34ClN3O4S. The van der Waals surface area contributed by atoms with Crippen LogP contribution in [0.1, 0.15) is 44.6 Å². The van der Waals surface area contributed by atoms with E-state index in [0.717, 1.165) is 47.2 Å². The summed E-state index contributed by atoms with van der Waals surface area (Å²) in [4.78, 5) is 28.3. The van der Waals surface area contributed by atoms with Crippen molar-refractivity contribution < 1.29 is 18.0 Å². The minimum atomic E-state index is -3.95. The molecule has 202 valence electrons. The number of halogens is 1. The van der Waals surface area contributed by atoms with Gasteiger partial charge in [-0.25, -0.2) is 8.42 Å². The molecule has 4 rings (SSSR count).